The van der Waals surface area contributed by atoms with Crippen LogP contribution in [0.25, 0.3) is 10.2 Å². The van der Waals surface area contributed by atoms with Crippen molar-refractivity contribution < 1.29 is 4.92 Å². The molecule has 2 aromatic rings. The fourth-order valence-electron chi connectivity index (χ4n) is 2.06. The molecule has 0 radical (unpaired) electrons. The van der Waals surface area contributed by atoms with Gasteiger partial charge >= 0.3 is 0 Å². The molecule has 1 aromatic carbocycles. The number of aromatic nitrogens is 1. The second kappa shape index (κ2) is 5.68. The van der Waals surface area contributed by atoms with Crippen LogP contribution in [-0.2, 0) is 0 Å². The molecule has 1 aromatic heterocycles. The van der Waals surface area contributed by atoms with E-state index in [0.29, 0.717) is 5.52 Å². The fourth-order valence-corrected chi connectivity index (χ4v) is 3.10. The lowest BCUT2D eigenvalue weighted by molar-refractivity contribution is -0.383. The normalized spacial score (nSPS) is 15.3. The number of anilines is 1. The van der Waals surface area contributed by atoms with Crippen LogP contribution in [0.15, 0.2) is 18.2 Å². The minimum atomic E-state index is -0.371. The molecule has 1 fully saturated rings. The zero-order valence-electron chi connectivity index (χ0n) is 10.0. The van der Waals surface area contributed by atoms with Crippen LogP contribution in [-0.4, -0.2) is 36.1 Å². The highest BCUT2D eigenvalue weighted by molar-refractivity contribution is 7.22. The molecule has 0 atom stereocenters. The van der Waals surface area contributed by atoms with Crippen LogP contribution in [0.1, 0.15) is 0 Å². The van der Waals surface area contributed by atoms with Crippen molar-refractivity contribution in [2.45, 2.75) is 0 Å². The van der Waals surface area contributed by atoms with Crippen LogP contribution in [0.2, 0.25) is 0 Å². The number of nitrogens with one attached hydrogen (secondary N) is 1. The zero-order valence-corrected chi connectivity index (χ0v) is 11.7. The molecule has 1 aliphatic heterocycles. The van der Waals surface area contributed by atoms with Crippen LogP contribution >= 0.6 is 23.7 Å². The smallest absolute Gasteiger partial charge is 0.296 e. The SMILES string of the molecule is Cl.O=[N+]([O-])c1cccc2sc(N3CCNCC3)nc12. The van der Waals surface area contributed by atoms with Crippen LogP contribution in [0.4, 0.5) is 10.8 Å². The molecule has 6 nitrogen and oxygen atoms in total. The van der Waals surface area contributed by atoms with Gasteiger partial charge in [-0.25, -0.2) is 4.98 Å². The monoisotopic (exact) mass is 300 g/mol. The molecule has 102 valence electrons. The van der Waals surface area contributed by atoms with E-state index in [1.54, 1.807) is 6.07 Å². The Balaban J connectivity index is 0.00000133. The van der Waals surface area contributed by atoms with Gasteiger partial charge < -0.3 is 10.2 Å². The largest absolute Gasteiger partial charge is 0.346 e. The number of nitro groups is 1. The van der Waals surface area contributed by atoms with E-state index >= 15 is 0 Å². The molecule has 0 unspecified atom stereocenters. The van der Waals surface area contributed by atoms with E-state index in [4.69, 9.17) is 0 Å². The van der Waals surface area contributed by atoms with E-state index in [1.165, 1.54) is 17.4 Å². The zero-order chi connectivity index (χ0) is 12.5. The number of nitrogens with zero attached hydrogens (tertiary/aromatic N) is 3. The summed E-state index contributed by atoms with van der Waals surface area (Å²) in [7, 11) is 0. The summed E-state index contributed by atoms with van der Waals surface area (Å²) in [4.78, 5) is 17.2. The van der Waals surface area contributed by atoms with Crippen molar-refractivity contribution in [3.63, 3.8) is 0 Å². The molecule has 0 bridgehead atoms. The minimum Gasteiger partial charge on any atom is -0.346 e. The van der Waals surface area contributed by atoms with Gasteiger partial charge in [0.05, 0.1) is 9.62 Å². The average molecular weight is 301 g/mol. The third kappa shape index (κ3) is 2.63. The second-order valence-corrected chi connectivity index (χ2v) is 5.12. The molecular weight excluding hydrogens is 288 g/mol. The van der Waals surface area contributed by atoms with Crippen LogP contribution in [0.5, 0.6) is 0 Å². The number of fused-ring (bicyclic) bond motifs is 1. The van der Waals surface area contributed by atoms with Gasteiger partial charge in [0, 0.05) is 32.2 Å². The van der Waals surface area contributed by atoms with E-state index < -0.39 is 0 Å². The van der Waals surface area contributed by atoms with Gasteiger partial charge in [-0.2, -0.15) is 0 Å². The van der Waals surface area contributed by atoms with E-state index in [2.05, 4.69) is 15.2 Å². The maximum Gasteiger partial charge on any atom is 0.296 e. The highest BCUT2D eigenvalue weighted by atomic mass is 35.5. The van der Waals surface area contributed by atoms with E-state index in [0.717, 1.165) is 36.0 Å². The predicted octanol–water partition coefficient (Wildman–Crippen LogP) is 2.04. The number of thiazole rings is 1. The van der Waals surface area contributed by atoms with Crippen molar-refractivity contribution in [2.24, 2.45) is 0 Å². The van der Waals surface area contributed by atoms with Gasteiger partial charge in [-0.15, -0.1) is 12.4 Å². The highest BCUT2D eigenvalue weighted by Crippen LogP contribution is 2.33. The molecule has 8 heteroatoms. The molecule has 0 aliphatic carbocycles. The first-order valence-corrected chi connectivity index (χ1v) is 6.57. The summed E-state index contributed by atoms with van der Waals surface area (Å²) in [6.07, 6.45) is 0. The number of hydrogen-bond donors (Lipinski definition) is 1. The Morgan fingerprint density at radius 2 is 2.11 bits per heavy atom. The Morgan fingerprint density at radius 3 is 2.79 bits per heavy atom. The summed E-state index contributed by atoms with van der Waals surface area (Å²) >= 11 is 1.52. The molecule has 3 rings (SSSR count). The summed E-state index contributed by atoms with van der Waals surface area (Å²) in [6, 6.07) is 5.09. The molecular formula is C11H13ClN4O2S. The molecule has 0 spiro atoms. The third-order valence-electron chi connectivity index (χ3n) is 2.97. The number of para-hydroxylation sites is 1. The van der Waals surface area contributed by atoms with E-state index in [9.17, 15) is 10.1 Å². The van der Waals surface area contributed by atoms with Crippen molar-refractivity contribution >= 4 is 44.8 Å². The van der Waals surface area contributed by atoms with Crippen LogP contribution in [0, 0.1) is 10.1 Å². The van der Waals surface area contributed by atoms with Crippen molar-refractivity contribution in [2.75, 3.05) is 31.1 Å². The van der Waals surface area contributed by atoms with Crippen molar-refractivity contribution in [1.82, 2.24) is 10.3 Å². The third-order valence-corrected chi connectivity index (χ3v) is 4.05. The summed E-state index contributed by atoms with van der Waals surface area (Å²) in [5, 5.41) is 15.1. The highest BCUT2D eigenvalue weighted by Gasteiger charge is 2.19. The van der Waals surface area contributed by atoms with Gasteiger partial charge in [-0.3, -0.25) is 10.1 Å². The number of hydrogen-bond acceptors (Lipinski definition) is 6. The van der Waals surface area contributed by atoms with Crippen molar-refractivity contribution in [3.05, 3.63) is 28.3 Å². The maximum atomic E-state index is 10.9. The van der Waals surface area contributed by atoms with Gasteiger partial charge in [0.15, 0.2) is 10.6 Å². The Morgan fingerprint density at radius 1 is 1.37 bits per heavy atom. The Labute approximate surface area is 120 Å². The number of halogens is 1. The fraction of sp³-hybridized carbons (Fsp3) is 0.364. The molecule has 0 amide bonds. The number of non-ortho nitro benzene ring substituents is 1. The van der Waals surface area contributed by atoms with Crippen LogP contribution < -0.4 is 10.2 Å². The van der Waals surface area contributed by atoms with Crippen LogP contribution in [0.3, 0.4) is 0 Å². The molecule has 2 heterocycles. The summed E-state index contributed by atoms with van der Waals surface area (Å²) in [5.41, 5.74) is 0.589. The first kappa shape index (κ1) is 14.0. The number of benzene rings is 1. The average Bonchev–Trinajstić information content (AvgIpc) is 2.83. The minimum absolute atomic E-state index is 0. The quantitative estimate of drug-likeness (QED) is 0.679. The van der Waals surface area contributed by atoms with Gasteiger partial charge in [-0.1, -0.05) is 17.4 Å². The molecule has 19 heavy (non-hydrogen) atoms. The van der Waals surface area contributed by atoms with Gasteiger partial charge in [0.2, 0.25) is 0 Å². The Kier molecular flexibility index (Phi) is 4.18. The second-order valence-electron chi connectivity index (χ2n) is 4.11. The number of piperazine rings is 1. The first-order chi connectivity index (χ1) is 8.75. The lowest BCUT2D eigenvalue weighted by Gasteiger charge is -2.26. The van der Waals surface area contributed by atoms with Gasteiger partial charge in [-0.05, 0) is 6.07 Å². The molecule has 0 saturated carbocycles. The lowest BCUT2D eigenvalue weighted by Crippen LogP contribution is -2.43. The molecule has 1 aliphatic rings. The van der Waals surface area contributed by atoms with Crippen molar-refractivity contribution in [3.8, 4) is 0 Å². The summed E-state index contributed by atoms with van der Waals surface area (Å²) < 4.78 is 0.873. The van der Waals surface area contributed by atoms with Gasteiger partial charge in [0.1, 0.15) is 0 Å². The standard InChI is InChI=1S/C11H12N4O2S.ClH/c16-15(17)8-2-1-3-9-10(8)13-11(18-9)14-6-4-12-5-7-14;/h1-3,12H,4-7H2;1H. The predicted molar refractivity (Wildman–Crippen MR) is 78.6 cm³/mol. The van der Waals surface area contributed by atoms with Crippen molar-refractivity contribution in [1.29, 1.82) is 0 Å². The lowest BCUT2D eigenvalue weighted by atomic mass is 10.3. The molecule has 1 saturated heterocycles. The maximum absolute atomic E-state index is 10.9. The topological polar surface area (TPSA) is 71.3 Å². The van der Waals surface area contributed by atoms with Gasteiger partial charge in [0.25, 0.3) is 5.69 Å². The number of rotatable bonds is 2. The summed E-state index contributed by atoms with van der Waals surface area (Å²) in [6.45, 7) is 3.65. The number of nitro benzene ring substituents is 1. The Bertz CT molecular complexity index is 597. The van der Waals surface area contributed by atoms with E-state index in [-0.39, 0.29) is 23.0 Å². The van der Waals surface area contributed by atoms with E-state index in [1.807, 2.05) is 6.07 Å². The Hall–Kier alpha value is -1.44. The first-order valence-electron chi connectivity index (χ1n) is 5.75. The molecule has 1 N–H and O–H groups in total. The summed E-state index contributed by atoms with van der Waals surface area (Å²) in [5.74, 6) is 0.